The number of carbonyl (C=O) groups excluding carboxylic acids is 2. The normalized spacial score (nSPS) is 18.2. The first-order valence-electron chi connectivity index (χ1n) is 8.64. The second-order valence-corrected chi connectivity index (χ2v) is 8.75. The van der Waals surface area contributed by atoms with Crippen LogP contribution >= 0.6 is 0 Å². The summed E-state index contributed by atoms with van der Waals surface area (Å²) in [5.74, 6) is -0.913. The summed E-state index contributed by atoms with van der Waals surface area (Å²) in [6, 6.07) is 9.35. The highest BCUT2D eigenvalue weighted by molar-refractivity contribution is 7.91. The fourth-order valence-corrected chi connectivity index (χ4v) is 4.79. The van der Waals surface area contributed by atoms with Gasteiger partial charge < -0.3 is 4.42 Å². The zero-order valence-corrected chi connectivity index (χ0v) is 15.7. The van der Waals surface area contributed by atoms with Gasteiger partial charge in [-0.25, -0.2) is 12.8 Å². The van der Waals surface area contributed by atoms with E-state index in [0.717, 1.165) is 6.08 Å². The fourth-order valence-electron chi connectivity index (χ4n) is 2.93. The lowest BCUT2D eigenvalue weighted by atomic mass is 10.1. The topological polar surface area (TPSA) is 105 Å². The van der Waals surface area contributed by atoms with Gasteiger partial charge in [0.15, 0.2) is 9.84 Å². The van der Waals surface area contributed by atoms with Crippen LogP contribution in [-0.4, -0.2) is 31.7 Å². The highest BCUT2D eigenvalue weighted by atomic mass is 32.2. The largest absolute Gasteiger partial charge is 0.457 e. The Kier molecular flexibility index (Phi) is 5.93. The summed E-state index contributed by atoms with van der Waals surface area (Å²) >= 11 is 0. The molecule has 0 saturated carbocycles. The third-order valence-corrected chi connectivity index (χ3v) is 6.13. The molecule has 0 spiro atoms. The quantitative estimate of drug-likeness (QED) is 0.584. The average molecular weight is 406 g/mol. The van der Waals surface area contributed by atoms with Crippen molar-refractivity contribution in [2.75, 3.05) is 11.5 Å². The number of nitrogens with one attached hydrogen (secondary N) is 2. The van der Waals surface area contributed by atoms with Gasteiger partial charge in [0.05, 0.1) is 17.1 Å². The van der Waals surface area contributed by atoms with E-state index in [9.17, 15) is 22.4 Å². The van der Waals surface area contributed by atoms with Crippen LogP contribution in [0.5, 0.6) is 0 Å². The van der Waals surface area contributed by atoms with E-state index >= 15 is 0 Å². The molecule has 2 heterocycles. The second-order valence-electron chi connectivity index (χ2n) is 6.53. The third-order valence-electron chi connectivity index (χ3n) is 4.29. The summed E-state index contributed by atoms with van der Waals surface area (Å²) < 4.78 is 42.0. The second kappa shape index (κ2) is 8.39. The van der Waals surface area contributed by atoms with Crippen LogP contribution < -0.4 is 10.9 Å². The van der Waals surface area contributed by atoms with Gasteiger partial charge in [-0.2, -0.15) is 0 Å². The van der Waals surface area contributed by atoms with E-state index in [0.29, 0.717) is 23.5 Å². The molecule has 2 N–H and O–H groups in total. The number of hydrogen-bond donors (Lipinski definition) is 2. The number of amides is 2. The van der Waals surface area contributed by atoms with Crippen LogP contribution in [0.3, 0.4) is 0 Å². The Morgan fingerprint density at radius 2 is 1.96 bits per heavy atom. The molecule has 1 aromatic heterocycles. The van der Waals surface area contributed by atoms with E-state index in [4.69, 9.17) is 4.42 Å². The van der Waals surface area contributed by atoms with E-state index < -0.39 is 27.5 Å². The maximum atomic E-state index is 13.7. The van der Waals surface area contributed by atoms with Gasteiger partial charge in [0.1, 0.15) is 17.3 Å². The van der Waals surface area contributed by atoms with E-state index in [1.807, 2.05) is 0 Å². The number of hydrazine groups is 1. The van der Waals surface area contributed by atoms with E-state index in [-0.39, 0.29) is 23.8 Å². The van der Waals surface area contributed by atoms with Gasteiger partial charge in [-0.1, -0.05) is 12.1 Å². The maximum absolute atomic E-state index is 13.7. The Morgan fingerprint density at radius 1 is 1.18 bits per heavy atom. The first-order valence-corrected chi connectivity index (χ1v) is 10.5. The van der Waals surface area contributed by atoms with Crippen LogP contribution in [0.2, 0.25) is 0 Å². The van der Waals surface area contributed by atoms with Crippen LogP contribution in [0, 0.1) is 11.7 Å². The Balaban J connectivity index is 1.48. The summed E-state index contributed by atoms with van der Waals surface area (Å²) in [6.07, 6.45) is 3.03. The zero-order chi connectivity index (χ0) is 20.1. The van der Waals surface area contributed by atoms with Crippen molar-refractivity contribution in [1.29, 1.82) is 0 Å². The van der Waals surface area contributed by atoms with Crippen molar-refractivity contribution in [3.05, 3.63) is 54.1 Å². The Hall–Kier alpha value is -2.94. The average Bonchev–Trinajstić information content (AvgIpc) is 3.25. The molecule has 7 nitrogen and oxygen atoms in total. The predicted molar refractivity (Wildman–Crippen MR) is 101 cm³/mol. The molecule has 1 saturated heterocycles. The minimum Gasteiger partial charge on any atom is -0.457 e. The highest BCUT2D eigenvalue weighted by Gasteiger charge is 2.29. The summed E-state index contributed by atoms with van der Waals surface area (Å²) in [5.41, 5.74) is 4.78. The zero-order valence-electron chi connectivity index (χ0n) is 14.9. The van der Waals surface area contributed by atoms with Crippen LogP contribution in [-0.2, 0) is 19.4 Å². The molecule has 2 aromatic rings. The Bertz CT molecular complexity index is 1010. The number of sulfone groups is 1. The predicted octanol–water partition coefficient (Wildman–Crippen LogP) is 2.07. The highest BCUT2D eigenvalue weighted by Crippen LogP contribution is 2.25. The third kappa shape index (κ3) is 5.29. The minimum atomic E-state index is -3.04. The molecule has 1 atom stereocenters. The van der Waals surface area contributed by atoms with Crippen molar-refractivity contribution in [1.82, 2.24) is 10.9 Å². The van der Waals surface area contributed by atoms with Gasteiger partial charge in [-0.15, -0.1) is 0 Å². The lowest BCUT2D eigenvalue weighted by Gasteiger charge is -2.08. The van der Waals surface area contributed by atoms with Crippen molar-refractivity contribution in [3.8, 4) is 11.3 Å². The number of halogens is 1. The van der Waals surface area contributed by atoms with E-state index in [1.54, 1.807) is 30.3 Å². The number of hydrogen-bond acceptors (Lipinski definition) is 5. The first kappa shape index (κ1) is 19.8. The molecule has 3 rings (SSSR count). The molecule has 0 aliphatic carbocycles. The molecule has 1 aromatic carbocycles. The molecular weight excluding hydrogens is 387 g/mol. The lowest BCUT2D eigenvalue weighted by Crippen LogP contribution is -2.41. The monoisotopic (exact) mass is 406 g/mol. The summed E-state index contributed by atoms with van der Waals surface area (Å²) in [5, 5.41) is 0. The molecular formula is C19H19FN2O5S. The van der Waals surface area contributed by atoms with Crippen molar-refractivity contribution >= 4 is 27.7 Å². The smallest absolute Gasteiger partial charge is 0.262 e. The molecule has 1 aliphatic heterocycles. The maximum Gasteiger partial charge on any atom is 0.262 e. The first-order chi connectivity index (χ1) is 13.3. The van der Waals surface area contributed by atoms with E-state index in [2.05, 4.69) is 10.9 Å². The van der Waals surface area contributed by atoms with Gasteiger partial charge in [-0.3, -0.25) is 20.4 Å². The summed E-state index contributed by atoms with van der Waals surface area (Å²) in [4.78, 5) is 23.6. The van der Waals surface area contributed by atoms with Crippen molar-refractivity contribution in [2.24, 2.45) is 5.92 Å². The van der Waals surface area contributed by atoms with Crippen LogP contribution in [0.1, 0.15) is 18.6 Å². The minimum absolute atomic E-state index is 0.00287. The molecule has 2 amide bonds. The molecule has 0 unspecified atom stereocenters. The SMILES string of the molecule is O=C(/C=C/c1ccc(-c2ccccc2F)o1)NNC(=O)C[C@H]1CCS(=O)(=O)C1. The molecule has 148 valence electrons. The van der Waals surface area contributed by atoms with Crippen molar-refractivity contribution < 1.29 is 26.8 Å². The van der Waals surface area contributed by atoms with Gasteiger partial charge >= 0.3 is 0 Å². The number of furan rings is 1. The van der Waals surface area contributed by atoms with Crippen molar-refractivity contribution in [2.45, 2.75) is 12.8 Å². The van der Waals surface area contributed by atoms with Crippen LogP contribution in [0.25, 0.3) is 17.4 Å². The molecule has 28 heavy (non-hydrogen) atoms. The van der Waals surface area contributed by atoms with Crippen LogP contribution in [0.4, 0.5) is 4.39 Å². The molecule has 1 aliphatic rings. The lowest BCUT2D eigenvalue weighted by molar-refractivity contribution is -0.127. The Labute approximate surface area is 161 Å². The fraction of sp³-hybridized carbons (Fsp3) is 0.263. The number of rotatable bonds is 5. The standard InChI is InChI=1S/C19H19FN2O5S/c20-16-4-2-1-3-15(16)17-7-5-14(27-17)6-8-18(23)21-22-19(24)11-13-9-10-28(25,26)12-13/h1-8,13H,9-12H2,(H,21,23)(H,22,24)/b8-6+/t13-/m1/s1. The number of benzene rings is 1. The van der Waals surface area contributed by atoms with Gasteiger partial charge in [0.2, 0.25) is 5.91 Å². The van der Waals surface area contributed by atoms with Gasteiger partial charge in [0.25, 0.3) is 5.91 Å². The Morgan fingerprint density at radius 3 is 2.68 bits per heavy atom. The number of carbonyl (C=O) groups is 2. The van der Waals surface area contributed by atoms with Crippen molar-refractivity contribution in [3.63, 3.8) is 0 Å². The van der Waals surface area contributed by atoms with Gasteiger partial charge in [0, 0.05) is 12.5 Å². The molecule has 1 fully saturated rings. The van der Waals surface area contributed by atoms with Gasteiger partial charge in [-0.05, 0) is 42.7 Å². The summed E-state index contributed by atoms with van der Waals surface area (Å²) in [7, 11) is -3.04. The van der Waals surface area contributed by atoms with E-state index in [1.165, 1.54) is 12.1 Å². The summed E-state index contributed by atoms with van der Waals surface area (Å²) in [6.45, 7) is 0. The molecule has 9 heteroatoms. The van der Waals surface area contributed by atoms with Crippen LogP contribution in [0.15, 0.2) is 46.9 Å². The molecule has 0 radical (unpaired) electrons. The molecule has 0 bridgehead atoms.